The van der Waals surface area contributed by atoms with Crippen LogP contribution in [0.1, 0.15) is 36.9 Å². The number of allylic oxidation sites excluding steroid dienone is 1. The van der Waals surface area contributed by atoms with Gasteiger partial charge in [-0.2, -0.15) is 5.26 Å². The average Bonchev–Trinajstić information content (AvgIpc) is 3.70. The lowest BCUT2D eigenvalue weighted by Gasteiger charge is -2.39. The number of hydrogen-bond donors (Lipinski definition) is 3. The second kappa shape index (κ2) is 11.3. The molecule has 41 heavy (non-hydrogen) atoms. The minimum Gasteiger partial charge on any atom is -0.481 e. The van der Waals surface area contributed by atoms with Crippen LogP contribution in [-0.4, -0.2) is 64.7 Å². The van der Waals surface area contributed by atoms with E-state index >= 15 is 0 Å². The summed E-state index contributed by atoms with van der Waals surface area (Å²) in [5.41, 5.74) is 6.49. The van der Waals surface area contributed by atoms with Gasteiger partial charge in [-0.3, -0.25) is 14.6 Å². The van der Waals surface area contributed by atoms with Crippen molar-refractivity contribution in [2.24, 2.45) is 17.6 Å². The molecule has 0 unspecified atom stereocenters. The third-order valence-electron chi connectivity index (χ3n) is 7.98. The van der Waals surface area contributed by atoms with Crippen LogP contribution >= 0.6 is 11.6 Å². The van der Waals surface area contributed by atoms with Crippen LogP contribution in [0.4, 0.5) is 10.1 Å². The second-order valence-electron chi connectivity index (χ2n) is 10.7. The van der Waals surface area contributed by atoms with Gasteiger partial charge in [0, 0.05) is 42.7 Å². The topological polar surface area (TPSA) is 161 Å². The number of nitrogens with one attached hydrogen (secondary N) is 2. The van der Waals surface area contributed by atoms with Gasteiger partial charge in [0.25, 0.3) is 5.91 Å². The first kappa shape index (κ1) is 28.3. The van der Waals surface area contributed by atoms with Crippen molar-refractivity contribution in [3.8, 4) is 11.9 Å². The maximum absolute atomic E-state index is 14.2. The molecule has 13 heteroatoms. The van der Waals surface area contributed by atoms with Gasteiger partial charge in [-0.1, -0.05) is 11.6 Å². The molecule has 1 spiro atoms. The van der Waals surface area contributed by atoms with Crippen LogP contribution in [0.2, 0.25) is 5.02 Å². The third-order valence-corrected chi connectivity index (χ3v) is 8.31. The highest BCUT2D eigenvalue weighted by Gasteiger charge is 2.54. The van der Waals surface area contributed by atoms with E-state index in [4.69, 9.17) is 32.7 Å². The fraction of sp³-hybridized carbons (Fsp3) is 0.429. The van der Waals surface area contributed by atoms with Crippen LogP contribution in [0.15, 0.2) is 36.3 Å². The number of halogens is 2. The quantitative estimate of drug-likeness (QED) is 0.317. The fourth-order valence-corrected chi connectivity index (χ4v) is 5.61. The number of likely N-dealkylation sites (tertiary alicyclic amines) is 1. The highest BCUT2D eigenvalue weighted by Crippen LogP contribution is 2.50. The molecule has 1 atom stereocenters. The van der Waals surface area contributed by atoms with E-state index in [0.717, 1.165) is 30.8 Å². The number of nitrogens with two attached hydrogens (primary N) is 1. The van der Waals surface area contributed by atoms with E-state index < -0.39 is 17.3 Å². The van der Waals surface area contributed by atoms with Crippen molar-refractivity contribution in [2.45, 2.75) is 37.8 Å². The molecule has 4 heterocycles. The Labute approximate surface area is 241 Å². The number of hydrogen-bond acceptors (Lipinski definition) is 9. The first-order valence-corrected chi connectivity index (χ1v) is 13.7. The molecular weight excluding hydrogens is 551 g/mol. The molecule has 0 bridgehead atoms. The van der Waals surface area contributed by atoms with Gasteiger partial charge in [0.1, 0.15) is 0 Å². The van der Waals surface area contributed by atoms with Crippen LogP contribution in [-0.2, 0) is 16.1 Å². The molecule has 2 aromatic heterocycles. The number of aromatic nitrogens is 2. The van der Waals surface area contributed by atoms with Gasteiger partial charge in [0.15, 0.2) is 5.82 Å². The molecule has 3 fully saturated rings. The van der Waals surface area contributed by atoms with E-state index in [1.54, 1.807) is 17.2 Å². The number of anilines is 1. The first-order chi connectivity index (χ1) is 19.6. The molecule has 5 rings (SSSR count). The van der Waals surface area contributed by atoms with Crippen molar-refractivity contribution >= 4 is 34.8 Å². The molecular formula is C28H30ClFN8O3. The normalized spacial score (nSPS) is 19.8. The predicted molar refractivity (Wildman–Crippen MR) is 149 cm³/mol. The summed E-state index contributed by atoms with van der Waals surface area (Å²) < 4.78 is 19.2. The number of pyridine rings is 2. The molecule has 2 amide bonds. The zero-order chi connectivity index (χ0) is 29.3. The summed E-state index contributed by atoms with van der Waals surface area (Å²) in [5.74, 6) is -1.42. The Bertz CT molecular complexity index is 1460. The van der Waals surface area contributed by atoms with Gasteiger partial charge < -0.3 is 31.0 Å². The van der Waals surface area contributed by atoms with E-state index in [0.29, 0.717) is 43.2 Å². The van der Waals surface area contributed by atoms with E-state index in [1.807, 2.05) is 4.90 Å². The van der Waals surface area contributed by atoms with E-state index in [-0.39, 0.29) is 47.1 Å². The van der Waals surface area contributed by atoms with Crippen molar-refractivity contribution in [1.82, 2.24) is 20.2 Å². The standard InChI is InChI=1S/C28H30ClFN8O3/c1-41-25-7-19(21(30)12-35-25)22(32)8-23(33)27(40)38-5-2-17(9-28(38)3-4-28)26(39)36-13-24-20(29)6-18(11-34-24)37-14-16(10-31)15-37/h6-8,11-12,16-17,32H,2-5,9,13-15,33H2,1H3,(H,36,39)/t17-/m0/s1. The van der Waals surface area contributed by atoms with Crippen molar-refractivity contribution in [1.29, 1.82) is 10.7 Å². The molecule has 1 aliphatic carbocycles. The number of methoxy groups -OCH3 is 1. The number of ether oxygens (including phenoxy) is 1. The number of nitrogens with zero attached hydrogens (tertiary/aromatic N) is 5. The van der Waals surface area contributed by atoms with Crippen LogP contribution in [0.5, 0.6) is 5.88 Å². The molecule has 0 aromatic carbocycles. The number of rotatable bonds is 8. The Kier molecular flexibility index (Phi) is 7.82. The third kappa shape index (κ3) is 5.81. The summed E-state index contributed by atoms with van der Waals surface area (Å²) in [6, 6.07) is 5.30. The Morgan fingerprint density at radius 2 is 2.10 bits per heavy atom. The lowest BCUT2D eigenvalue weighted by Crippen LogP contribution is -2.51. The summed E-state index contributed by atoms with van der Waals surface area (Å²) in [7, 11) is 1.38. The molecule has 3 aliphatic rings. The van der Waals surface area contributed by atoms with E-state index in [9.17, 15) is 14.0 Å². The second-order valence-corrected chi connectivity index (χ2v) is 11.1. The van der Waals surface area contributed by atoms with E-state index in [2.05, 4.69) is 21.4 Å². The maximum atomic E-state index is 14.2. The summed E-state index contributed by atoms with van der Waals surface area (Å²) >= 11 is 6.42. The Morgan fingerprint density at radius 1 is 1.34 bits per heavy atom. The zero-order valence-corrected chi connectivity index (χ0v) is 23.2. The molecule has 2 aromatic rings. The number of nitriles is 1. The highest BCUT2D eigenvalue weighted by atomic mass is 35.5. The monoisotopic (exact) mass is 580 g/mol. The number of amides is 2. The zero-order valence-electron chi connectivity index (χ0n) is 22.5. The number of piperidine rings is 1. The molecule has 1 saturated carbocycles. The van der Waals surface area contributed by atoms with Crippen molar-refractivity contribution in [3.63, 3.8) is 0 Å². The minimum absolute atomic E-state index is 0.0198. The first-order valence-electron chi connectivity index (χ1n) is 13.3. The molecule has 2 aliphatic heterocycles. The Balaban J connectivity index is 1.17. The lowest BCUT2D eigenvalue weighted by molar-refractivity contribution is -0.137. The van der Waals surface area contributed by atoms with Gasteiger partial charge in [-0.25, -0.2) is 9.37 Å². The SMILES string of the molecule is COc1cc(C(=N)C=C(N)C(=O)N2CC[C@H](C(=O)NCc3ncc(N4CC(C#N)C4)cc3Cl)CC23CC3)c(F)cn1. The summed E-state index contributed by atoms with van der Waals surface area (Å²) in [6.45, 7) is 1.81. The van der Waals surface area contributed by atoms with Crippen LogP contribution in [0.25, 0.3) is 0 Å². The number of carbonyl (C=O) groups is 2. The molecule has 0 radical (unpaired) electrons. The maximum Gasteiger partial charge on any atom is 0.270 e. The Morgan fingerprint density at radius 3 is 2.76 bits per heavy atom. The Hall–Kier alpha value is -4.24. The van der Waals surface area contributed by atoms with Gasteiger partial charge in [-0.05, 0) is 37.8 Å². The largest absolute Gasteiger partial charge is 0.481 e. The van der Waals surface area contributed by atoms with Crippen LogP contribution < -0.4 is 20.7 Å². The van der Waals surface area contributed by atoms with Gasteiger partial charge in [0.05, 0.1) is 65.8 Å². The van der Waals surface area contributed by atoms with Crippen LogP contribution in [0.3, 0.4) is 0 Å². The van der Waals surface area contributed by atoms with Crippen molar-refractivity contribution in [2.75, 3.05) is 31.6 Å². The average molecular weight is 581 g/mol. The van der Waals surface area contributed by atoms with Crippen LogP contribution in [0, 0.1) is 34.4 Å². The summed E-state index contributed by atoms with van der Waals surface area (Å²) in [5, 5.41) is 20.6. The predicted octanol–water partition coefficient (Wildman–Crippen LogP) is 2.54. The van der Waals surface area contributed by atoms with E-state index in [1.165, 1.54) is 13.2 Å². The lowest BCUT2D eigenvalue weighted by atomic mass is 9.88. The smallest absolute Gasteiger partial charge is 0.270 e. The number of carbonyl (C=O) groups excluding carboxylic acids is 2. The van der Waals surface area contributed by atoms with Crippen molar-refractivity contribution < 1.29 is 18.7 Å². The molecule has 4 N–H and O–H groups in total. The van der Waals surface area contributed by atoms with Gasteiger partial charge in [-0.15, -0.1) is 0 Å². The molecule has 11 nitrogen and oxygen atoms in total. The minimum atomic E-state index is -0.727. The summed E-state index contributed by atoms with van der Waals surface area (Å²) in [6.07, 6.45) is 6.24. The fourth-order valence-electron chi connectivity index (χ4n) is 5.39. The van der Waals surface area contributed by atoms with Crippen molar-refractivity contribution in [3.05, 3.63) is 58.4 Å². The highest BCUT2D eigenvalue weighted by molar-refractivity contribution is 6.31. The van der Waals surface area contributed by atoms with Gasteiger partial charge >= 0.3 is 0 Å². The van der Waals surface area contributed by atoms with Gasteiger partial charge in [0.2, 0.25) is 11.8 Å². The molecule has 214 valence electrons. The summed E-state index contributed by atoms with van der Waals surface area (Å²) in [4.78, 5) is 38.2. The molecule has 2 saturated heterocycles.